The van der Waals surface area contributed by atoms with Crippen LogP contribution in [0.3, 0.4) is 0 Å². The summed E-state index contributed by atoms with van der Waals surface area (Å²) >= 11 is 5.78. The Kier molecular flexibility index (Phi) is 5.03. The average molecular weight is 271 g/mol. The molecule has 0 saturated carbocycles. The van der Waals surface area contributed by atoms with Crippen molar-refractivity contribution in [1.82, 2.24) is 0 Å². The first-order chi connectivity index (χ1) is 8.31. The van der Waals surface area contributed by atoms with E-state index in [4.69, 9.17) is 21.1 Å². The van der Waals surface area contributed by atoms with Crippen molar-refractivity contribution in [3.8, 4) is 5.75 Å². The maximum atomic E-state index is 11.8. The summed E-state index contributed by atoms with van der Waals surface area (Å²) in [6.45, 7) is 7.52. The van der Waals surface area contributed by atoms with Crippen LogP contribution in [0, 0.1) is 5.41 Å². The van der Waals surface area contributed by atoms with E-state index < -0.39 is 5.41 Å². The zero-order valence-electron chi connectivity index (χ0n) is 11.2. The average Bonchev–Trinajstić information content (AvgIpc) is 2.27. The summed E-state index contributed by atoms with van der Waals surface area (Å²) in [7, 11) is 0. The van der Waals surface area contributed by atoms with Gasteiger partial charge in [-0.2, -0.15) is 0 Å². The van der Waals surface area contributed by atoms with Crippen molar-refractivity contribution in [2.75, 3.05) is 6.61 Å². The van der Waals surface area contributed by atoms with Gasteiger partial charge in [-0.1, -0.05) is 11.6 Å². The quantitative estimate of drug-likeness (QED) is 0.766. The standard InChI is InChI=1S/C14H19ClO3/c1-10(2)18-13(16)14(3,4)9-17-12-7-5-11(15)6-8-12/h5-8,10H,9H2,1-4H3. The molecule has 0 N–H and O–H groups in total. The normalized spacial score (nSPS) is 11.4. The first-order valence-corrected chi connectivity index (χ1v) is 6.28. The second-order valence-corrected chi connectivity index (χ2v) is 5.52. The monoisotopic (exact) mass is 270 g/mol. The summed E-state index contributed by atoms with van der Waals surface area (Å²) in [5.74, 6) is 0.427. The molecule has 0 fully saturated rings. The molecule has 0 spiro atoms. The minimum Gasteiger partial charge on any atom is -0.492 e. The van der Waals surface area contributed by atoms with Crippen molar-refractivity contribution in [2.24, 2.45) is 5.41 Å². The molecular formula is C14H19ClO3. The molecule has 0 saturated heterocycles. The lowest BCUT2D eigenvalue weighted by Gasteiger charge is -2.24. The van der Waals surface area contributed by atoms with E-state index in [1.165, 1.54) is 0 Å². The summed E-state index contributed by atoms with van der Waals surface area (Å²) in [5.41, 5.74) is -0.677. The SMILES string of the molecule is CC(C)OC(=O)C(C)(C)COc1ccc(Cl)cc1. The van der Waals surface area contributed by atoms with Gasteiger partial charge in [0, 0.05) is 5.02 Å². The lowest BCUT2D eigenvalue weighted by Crippen LogP contribution is -2.34. The van der Waals surface area contributed by atoms with Gasteiger partial charge < -0.3 is 9.47 Å². The highest BCUT2D eigenvalue weighted by Crippen LogP contribution is 2.22. The first-order valence-electron chi connectivity index (χ1n) is 5.91. The number of ether oxygens (including phenoxy) is 2. The Labute approximate surface area is 113 Å². The second kappa shape index (κ2) is 6.10. The van der Waals surface area contributed by atoms with Crippen molar-refractivity contribution in [1.29, 1.82) is 0 Å². The van der Waals surface area contributed by atoms with E-state index in [0.29, 0.717) is 10.8 Å². The molecule has 3 nitrogen and oxygen atoms in total. The fourth-order valence-corrected chi connectivity index (χ4v) is 1.35. The van der Waals surface area contributed by atoms with Crippen molar-refractivity contribution < 1.29 is 14.3 Å². The van der Waals surface area contributed by atoms with Crippen LogP contribution in [0.5, 0.6) is 5.75 Å². The van der Waals surface area contributed by atoms with Gasteiger partial charge in [0.1, 0.15) is 12.4 Å². The number of rotatable bonds is 5. The maximum absolute atomic E-state index is 11.8. The second-order valence-electron chi connectivity index (χ2n) is 5.08. The Morgan fingerprint density at radius 3 is 2.33 bits per heavy atom. The molecule has 18 heavy (non-hydrogen) atoms. The highest BCUT2D eigenvalue weighted by atomic mass is 35.5. The maximum Gasteiger partial charge on any atom is 0.315 e. The first kappa shape index (κ1) is 14.8. The van der Waals surface area contributed by atoms with Crippen LogP contribution >= 0.6 is 11.6 Å². The molecule has 1 aromatic carbocycles. The third-order valence-corrected chi connectivity index (χ3v) is 2.56. The Bertz CT molecular complexity index is 396. The third-order valence-electron chi connectivity index (χ3n) is 2.31. The van der Waals surface area contributed by atoms with Crippen LogP contribution < -0.4 is 4.74 Å². The van der Waals surface area contributed by atoms with Gasteiger partial charge in [0.15, 0.2) is 0 Å². The minimum atomic E-state index is -0.677. The number of esters is 1. The summed E-state index contributed by atoms with van der Waals surface area (Å²) < 4.78 is 10.8. The van der Waals surface area contributed by atoms with Gasteiger partial charge in [-0.3, -0.25) is 4.79 Å². The van der Waals surface area contributed by atoms with E-state index in [2.05, 4.69) is 0 Å². The Morgan fingerprint density at radius 2 is 1.83 bits per heavy atom. The number of hydrogen-bond donors (Lipinski definition) is 0. The third kappa shape index (κ3) is 4.57. The fraction of sp³-hybridized carbons (Fsp3) is 0.500. The number of hydrogen-bond acceptors (Lipinski definition) is 3. The van der Waals surface area contributed by atoms with Crippen molar-refractivity contribution in [3.63, 3.8) is 0 Å². The molecule has 1 rings (SSSR count). The number of halogens is 1. The predicted molar refractivity (Wildman–Crippen MR) is 72.0 cm³/mol. The molecular weight excluding hydrogens is 252 g/mol. The Morgan fingerprint density at radius 1 is 1.28 bits per heavy atom. The lowest BCUT2D eigenvalue weighted by atomic mass is 9.95. The minimum absolute atomic E-state index is 0.118. The van der Waals surface area contributed by atoms with Crippen LogP contribution in [0.4, 0.5) is 0 Å². The molecule has 0 bridgehead atoms. The summed E-state index contributed by atoms with van der Waals surface area (Å²) in [5, 5.41) is 0.654. The summed E-state index contributed by atoms with van der Waals surface area (Å²) in [6.07, 6.45) is -0.118. The van der Waals surface area contributed by atoms with E-state index in [1.54, 1.807) is 38.1 Å². The largest absolute Gasteiger partial charge is 0.492 e. The molecule has 0 radical (unpaired) electrons. The van der Waals surface area contributed by atoms with Crippen LogP contribution in [0.2, 0.25) is 5.02 Å². The van der Waals surface area contributed by atoms with Gasteiger partial charge in [-0.05, 0) is 52.0 Å². The Hall–Kier alpha value is -1.22. The van der Waals surface area contributed by atoms with Crippen molar-refractivity contribution >= 4 is 17.6 Å². The number of benzene rings is 1. The van der Waals surface area contributed by atoms with Crippen LogP contribution in [0.1, 0.15) is 27.7 Å². The van der Waals surface area contributed by atoms with E-state index >= 15 is 0 Å². The van der Waals surface area contributed by atoms with E-state index in [9.17, 15) is 4.79 Å². The number of carbonyl (C=O) groups is 1. The fourth-order valence-electron chi connectivity index (χ4n) is 1.23. The predicted octanol–water partition coefficient (Wildman–Crippen LogP) is 3.70. The molecule has 4 heteroatoms. The lowest BCUT2D eigenvalue weighted by molar-refractivity contribution is -0.159. The molecule has 0 aromatic heterocycles. The zero-order valence-corrected chi connectivity index (χ0v) is 12.0. The number of carbonyl (C=O) groups excluding carboxylic acids is 1. The van der Waals surface area contributed by atoms with E-state index in [0.717, 1.165) is 0 Å². The molecule has 0 amide bonds. The van der Waals surface area contributed by atoms with Gasteiger partial charge in [-0.25, -0.2) is 0 Å². The zero-order chi connectivity index (χ0) is 13.8. The smallest absolute Gasteiger partial charge is 0.315 e. The highest BCUT2D eigenvalue weighted by Gasteiger charge is 2.31. The molecule has 0 heterocycles. The van der Waals surface area contributed by atoms with Crippen LogP contribution in [0.25, 0.3) is 0 Å². The van der Waals surface area contributed by atoms with Gasteiger partial charge in [0.25, 0.3) is 0 Å². The van der Waals surface area contributed by atoms with Crippen LogP contribution in [0.15, 0.2) is 24.3 Å². The van der Waals surface area contributed by atoms with E-state index in [1.807, 2.05) is 13.8 Å². The van der Waals surface area contributed by atoms with Crippen molar-refractivity contribution in [2.45, 2.75) is 33.8 Å². The van der Waals surface area contributed by atoms with Gasteiger partial charge in [0.2, 0.25) is 0 Å². The van der Waals surface area contributed by atoms with Crippen LogP contribution in [-0.4, -0.2) is 18.7 Å². The Balaban J connectivity index is 2.55. The molecule has 0 aliphatic heterocycles. The molecule has 1 aromatic rings. The molecule has 0 aliphatic rings. The summed E-state index contributed by atoms with van der Waals surface area (Å²) in [6, 6.07) is 7.03. The van der Waals surface area contributed by atoms with Gasteiger partial charge in [-0.15, -0.1) is 0 Å². The van der Waals surface area contributed by atoms with E-state index in [-0.39, 0.29) is 18.7 Å². The molecule has 0 aliphatic carbocycles. The molecule has 0 unspecified atom stereocenters. The van der Waals surface area contributed by atoms with Gasteiger partial charge >= 0.3 is 5.97 Å². The molecule has 0 atom stereocenters. The van der Waals surface area contributed by atoms with Crippen LogP contribution in [-0.2, 0) is 9.53 Å². The molecule has 100 valence electrons. The summed E-state index contributed by atoms with van der Waals surface area (Å²) in [4.78, 5) is 11.8. The van der Waals surface area contributed by atoms with Gasteiger partial charge in [0.05, 0.1) is 11.5 Å². The highest BCUT2D eigenvalue weighted by molar-refractivity contribution is 6.30. The van der Waals surface area contributed by atoms with Crippen molar-refractivity contribution in [3.05, 3.63) is 29.3 Å². The topological polar surface area (TPSA) is 35.5 Å².